The molecule has 0 unspecified atom stereocenters. The number of rotatable bonds is 14. The largest absolute Gasteiger partial charge is 0.352 e. The van der Waals surface area contributed by atoms with Gasteiger partial charge in [0.15, 0.2) is 0 Å². The van der Waals surface area contributed by atoms with E-state index < -0.39 is 17.7 Å². The number of amides is 3. The third-order valence-corrected chi connectivity index (χ3v) is 7.21. The van der Waals surface area contributed by atoms with E-state index in [0.717, 1.165) is 11.3 Å². The maximum Gasteiger partial charge on any atom is 0.290 e. The molecule has 0 fully saturated rings. The Kier molecular flexibility index (Phi) is 11.4. The molecule has 2 aliphatic rings. The Morgan fingerprint density at radius 1 is 0.737 bits per heavy atom. The van der Waals surface area contributed by atoms with Crippen LogP contribution in [0.2, 0.25) is 0 Å². The lowest BCUT2D eigenvalue weighted by Gasteiger charge is -2.14. The van der Waals surface area contributed by atoms with Gasteiger partial charge in [-0.1, -0.05) is 51.9 Å². The number of benzene rings is 1. The molecule has 3 rings (SSSR count). The minimum absolute atomic E-state index is 0.0273. The lowest BCUT2D eigenvalue weighted by Crippen LogP contribution is -2.47. The average Bonchev–Trinajstić information content (AvgIpc) is 2.97. The van der Waals surface area contributed by atoms with Crippen molar-refractivity contribution in [1.29, 1.82) is 0 Å². The molecule has 0 atom stereocenters. The Morgan fingerprint density at radius 2 is 1.29 bits per heavy atom. The van der Waals surface area contributed by atoms with Crippen molar-refractivity contribution in [2.45, 2.75) is 19.4 Å². The summed E-state index contributed by atoms with van der Waals surface area (Å²) in [6.07, 6.45) is 0.885. The van der Waals surface area contributed by atoms with Gasteiger partial charge in [-0.2, -0.15) is 5.10 Å². The van der Waals surface area contributed by atoms with Gasteiger partial charge in [0.2, 0.25) is 29.1 Å². The van der Waals surface area contributed by atoms with Gasteiger partial charge >= 0.3 is 0 Å². The standard InChI is InChI=1S/C21H27N11O4S2/c1-22-19(34)16-27-31-17(32-28-16)20(35)23-9-11-38-37-10-5-8-14(33)15-25-29-18(30-26-15)21(36)24-12-13-6-3-2-4-7-13/h2-4,6-7H,5,8-12H2,1H3,(H,22,34)(H,23,35)(H,24,36)(H,25,26)(H,27,28)(H,29,30)(H,31,32). The number of carbonyl (C=O) groups is 4. The first-order valence-corrected chi connectivity index (χ1v) is 13.9. The summed E-state index contributed by atoms with van der Waals surface area (Å²) in [5.74, 6) is -0.297. The van der Waals surface area contributed by atoms with Crippen LogP contribution in [0.5, 0.6) is 0 Å². The van der Waals surface area contributed by atoms with Crippen LogP contribution in [0.15, 0.2) is 50.7 Å². The van der Waals surface area contributed by atoms with Crippen LogP contribution in [0.25, 0.3) is 0 Å². The average molecular weight is 562 g/mol. The molecule has 1 aromatic carbocycles. The number of hydrogen-bond acceptors (Lipinski definition) is 14. The molecule has 0 saturated heterocycles. The molecule has 17 heteroatoms. The van der Waals surface area contributed by atoms with Crippen molar-refractivity contribution in [2.75, 3.05) is 25.1 Å². The summed E-state index contributed by atoms with van der Waals surface area (Å²) in [7, 11) is 4.58. The summed E-state index contributed by atoms with van der Waals surface area (Å²) in [5, 5.41) is 23.1. The van der Waals surface area contributed by atoms with Crippen LogP contribution in [-0.2, 0) is 25.7 Å². The van der Waals surface area contributed by atoms with Crippen molar-refractivity contribution in [3.8, 4) is 0 Å². The van der Waals surface area contributed by atoms with E-state index in [0.29, 0.717) is 25.3 Å². The van der Waals surface area contributed by atoms with E-state index in [4.69, 9.17) is 0 Å². The van der Waals surface area contributed by atoms with Crippen molar-refractivity contribution in [3.05, 3.63) is 35.9 Å². The second-order valence-electron chi connectivity index (χ2n) is 7.46. The van der Waals surface area contributed by atoms with E-state index >= 15 is 0 Å². The van der Waals surface area contributed by atoms with Gasteiger partial charge in [-0.3, -0.25) is 40.9 Å². The number of amidine groups is 4. The number of hydrogen-bond donors (Lipinski definition) is 7. The first-order chi connectivity index (χ1) is 18.5. The number of likely N-dealkylation sites (N-methyl/N-ethyl adjacent to an activating group) is 1. The molecule has 2 heterocycles. The molecule has 38 heavy (non-hydrogen) atoms. The summed E-state index contributed by atoms with van der Waals surface area (Å²) in [6, 6.07) is 9.44. The second-order valence-corrected chi connectivity index (χ2v) is 10.2. The molecule has 1 aromatic rings. The van der Waals surface area contributed by atoms with Crippen LogP contribution >= 0.6 is 21.6 Å². The van der Waals surface area contributed by atoms with Gasteiger partial charge in [-0.25, -0.2) is 0 Å². The molecule has 0 bridgehead atoms. The Labute approximate surface area is 225 Å². The third kappa shape index (κ3) is 9.07. The van der Waals surface area contributed by atoms with Crippen molar-refractivity contribution >= 4 is 68.4 Å². The number of ketones is 1. The van der Waals surface area contributed by atoms with Crippen LogP contribution < -0.4 is 37.7 Å². The predicted molar refractivity (Wildman–Crippen MR) is 147 cm³/mol. The molecule has 7 N–H and O–H groups in total. The maximum atomic E-state index is 12.3. The molecule has 2 aliphatic heterocycles. The van der Waals surface area contributed by atoms with E-state index in [1.807, 2.05) is 30.3 Å². The highest BCUT2D eigenvalue weighted by Crippen LogP contribution is 2.21. The monoisotopic (exact) mass is 561 g/mol. The number of hydrazone groups is 4. The number of nitrogens with zero attached hydrogens (tertiary/aromatic N) is 4. The lowest BCUT2D eigenvalue weighted by atomic mass is 10.2. The van der Waals surface area contributed by atoms with Crippen LogP contribution in [0.3, 0.4) is 0 Å². The Balaban J connectivity index is 1.21. The third-order valence-electron chi connectivity index (χ3n) is 4.71. The van der Waals surface area contributed by atoms with Crippen LogP contribution in [0, 0.1) is 0 Å². The second kappa shape index (κ2) is 15.2. The SMILES string of the molecule is CNC(=O)C1=NNC(C(=O)NCCSSCCCC(=O)C2=NNC(C(=O)NCc3ccccc3)=NN2)=NN1. The molecular weight excluding hydrogens is 534 g/mol. The van der Waals surface area contributed by atoms with E-state index in [9.17, 15) is 19.2 Å². The minimum atomic E-state index is -0.461. The minimum Gasteiger partial charge on any atom is -0.352 e. The van der Waals surface area contributed by atoms with Crippen molar-refractivity contribution in [1.82, 2.24) is 37.7 Å². The lowest BCUT2D eigenvalue weighted by molar-refractivity contribution is -0.116. The van der Waals surface area contributed by atoms with Crippen LogP contribution in [0.1, 0.15) is 18.4 Å². The van der Waals surface area contributed by atoms with Gasteiger partial charge in [0.05, 0.1) is 0 Å². The summed E-state index contributed by atoms with van der Waals surface area (Å²) >= 11 is 0. The first kappa shape index (κ1) is 28.5. The van der Waals surface area contributed by atoms with Gasteiger partial charge in [0.1, 0.15) is 0 Å². The molecule has 202 valence electrons. The van der Waals surface area contributed by atoms with Crippen LogP contribution in [-0.4, -0.2) is 71.9 Å². The molecule has 0 radical (unpaired) electrons. The van der Waals surface area contributed by atoms with Gasteiger partial charge in [0.25, 0.3) is 17.7 Å². The molecular formula is C21H27N11O4S2. The fourth-order valence-corrected chi connectivity index (χ4v) is 4.76. The number of carbonyl (C=O) groups excluding carboxylic acids is 4. The Morgan fingerprint density at radius 3 is 1.89 bits per heavy atom. The van der Waals surface area contributed by atoms with Crippen LogP contribution in [0.4, 0.5) is 0 Å². The van der Waals surface area contributed by atoms with Crippen molar-refractivity contribution in [3.63, 3.8) is 0 Å². The molecule has 0 saturated carbocycles. The number of Topliss-reactive ketones (excluding diaryl/α,β-unsaturated/α-hetero) is 1. The van der Waals surface area contributed by atoms with E-state index in [-0.39, 0.29) is 35.5 Å². The highest BCUT2D eigenvalue weighted by Gasteiger charge is 2.20. The molecule has 0 aromatic heterocycles. The van der Waals surface area contributed by atoms with Gasteiger partial charge < -0.3 is 16.0 Å². The molecule has 3 amide bonds. The van der Waals surface area contributed by atoms with Crippen molar-refractivity contribution in [2.24, 2.45) is 20.4 Å². The zero-order chi connectivity index (χ0) is 27.2. The Hall–Kier alpha value is -4.12. The van der Waals surface area contributed by atoms with Gasteiger partial charge in [-0.15, -0.1) is 15.3 Å². The fourth-order valence-electron chi connectivity index (χ4n) is 2.76. The first-order valence-electron chi connectivity index (χ1n) is 11.4. The quantitative estimate of drug-likeness (QED) is 0.104. The van der Waals surface area contributed by atoms with Crippen molar-refractivity contribution < 1.29 is 19.2 Å². The predicted octanol–water partition coefficient (Wildman–Crippen LogP) is -1.46. The summed E-state index contributed by atoms with van der Waals surface area (Å²) in [6.45, 7) is 0.742. The molecule has 0 spiro atoms. The van der Waals surface area contributed by atoms with E-state index in [2.05, 4.69) is 58.1 Å². The zero-order valence-corrected chi connectivity index (χ0v) is 22.0. The highest BCUT2D eigenvalue weighted by atomic mass is 33.1. The molecule has 15 nitrogen and oxygen atoms in total. The van der Waals surface area contributed by atoms with E-state index in [1.165, 1.54) is 7.05 Å². The fraction of sp³-hybridized carbons (Fsp3) is 0.333. The summed E-state index contributed by atoms with van der Waals surface area (Å²) in [4.78, 5) is 47.9. The van der Waals surface area contributed by atoms with E-state index in [1.54, 1.807) is 21.6 Å². The number of nitrogens with one attached hydrogen (secondary N) is 7. The smallest absolute Gasteiger partial charge is 0.290 e. The Bertz CT molecular complexity index is 1160. The summed E-state index contributed by atoms with van der Waals surface area (Å²) in [5.41, 5.74) is 10.8. The van der Waals surface area contributed by atoms with Gasteiger partial charge in [0, 0.05) is 38.1 Å². The van der Waals surface area contributed by atoms with Gasteiger partial charge in [-0.05, 0) is 12.0 Å². The summed E-state index contributed by atoms with van der Waals surface area (Å²) < 4.78 is 0. The highest BCUT2D eigenvalue weighted by molar-refractivity contribution is 8.76. The molecule has 0 aliphatic carbocycles. The maximum absolute atomic E-state index is 12.3. The topological polar surface area (TPSA) is 202 Å². The zero-order valence-electron chi connectivity index (χ0n) is 20.4. The normalized spacial score (nSPS) is 14.0.